The predicted molar refractivity (Wildman–Crippen MR) is 115 cm³/mol. The Morgan fingerprint density at radius 3 is 2.65 bits per heavy atom. The van der Waals surface area contributed by atoms with E-state index >= 15 is 0 Å². The topological polar surface area (TPSA) is 88.4 Å². The number of aliphatic imine (C=N–C) groups is 1. The average Bonchev–Trinajstić information content (AvgIpc) is 3.06. The zero-order valence-corrected chi connectivity index (χ0v) is 18.4. The summed E-state index contributed by atoms with van der Waals surface area (Å²) in [5.74, 6) is 0.718. The molecule has 26 heavy (non-hydrogen) atoms. The average molecular weight is 491 g/mol. The van der Waals surface area contributed by atoms with Gasteiger partial charge in [0.15, 0.2) is 15.8 Å². The summed E-state index contributed by atoms with van der Waals surface area (Å²) in [5.41, 5.74) is 1.76. The lowest BCUT2D eigenvalue weighted by Gasteiger charge is -2.13. The van der Waals surface area contributed by atoms with Crippen molar-refractivity contribution in [2.75, 3.05) is 19.8 Å². The molecule has 1 heterocycles. The second-order valence-corrected chi connectivity index (χ2v) is 7.86. The van der Waals surface area contributed by atoms with Crippen molar-refractivity contribution in [1.29, 1.82) is 0 Å². The number of nitrogens with zero attached hydrogens (tertiary/aromatic N) is 3. The van der Waals surface area contributed by atoms with Crippen molar-refractivity contribution in [3.05, 3.63) is 48.0 Å². The molecule has 9 heteroatoms. The van der Waals surface area contributed by atoms with Crippen LogP contribution in [-0.2, 0) is 22.9 Å². The number of nitrogens with one attached hydrogen (secondary N) is 2. The number of imidazole rings is 1. The first-order valence-corrected chi connectivity index (χ1v) is 9.99. The fourth-order valence-electron chi connectivity index (χ4n) is 2.53. The number of benzene rings is 1. The van der Waals surface area contributed by atoms with Crippen LogP contribution in [0.3, 0.4) is 0 Å². The van der Waals surface area contributed by atoms with E-state index in [1.165, 1.54) is 6.26 Å². The molecule has 0 atom stereocenters. The minimum Gasteiger partial charge on any atom is -0.356 e. The van der Waals surface area contributed by atoms with Crippen LogP contribution in [0.4, 0.5) is 0 Å². The number of aromatic nitrogens is 2. The van der Waals surface area contributed by atoms with Gasteiger partial charge in [-0.25, -0.2) is 13.4 Å². The van der Waals surface area contributed by atoms with Crippen molar-refractivity contribution in [2.45, 2.75) is 31.3 Å². The van der Waals surface area contributed by atoms with E-state index in [-0.39, 0.29) is 24.0 Å². The van der Waals surface area contributed by atoms with Crippen molar-refractivity contribution >= 4 is 39.8 Å². The summed E-state index contributed by atoms with van der Waals surface area (Å²) in [4.78, 5) is 8.58. The third-order valence-corrected chi connectivity index (χ3v) is 5.02. The molecule has 0 radical (unpaired) electrons. The smallest absolute Gasteiger partial charge is 0.191 e. The fourth-order valence-corrected chi connectivity index (χ4v) is 3.49. The maximum absolute atomic E-state index is 11.7. The molecule has 1 aromatic carbocycles. The molecule has 1 aromatic heterocycles. The highest BCUT2D eigenvalue weighted by atomic mass is 127. The second-order valence-electron chi connectivity index (χ2n) is 5.88. The van der Waals surface area contributed by atoms with Gasteiger partial charge in [0, 0.05) is 45.3 Å². The van der Waals surface area contributed by atoms with E-state index in [9.17, 15) is 8.42 Å². The Balaban J connectivity index is 0.00000338. The summed E-state index contributed by atoms with van der Waals surface area (Å²) >= 11 is 0. The molecular formula is C17H26IN5O2S. The number of hydrogen-bond donors (Lipinski definition) is 2. The summed E-state index contributed by atoms with van der Waals surface area (Å²) in [6.45, 7) is 4.08. The largest absolute Gasteiger partial charge is 0.356 e. The first-order chi connectivity index (χ1) is 11.9. The molecule has 0 spiro atoms. The first-order valence-electron chi connectivity index (χ1n) is 8.10. The van der Waals surface area contributed by atoms with Crippen LogP contribution in [-0.4, -0.2) is 43.8 Å². The van der Waals surface area contributed by atoms with E-state index in [1.807, 2.05) is 29.8 Å². The lowest BCUT2D eigenvalue weighted by molar-refractivity contribution is 0.601. The van der Waals surface area contributed by atoms with Crippen molar-refractivity contribution in [2.24, 2.45) is 4.99 Å². The van der Waals surface area contributed by atoms with Gasteiger partial charge in [0.05, 0.1) is 11.2 Å². The Labute approximate surface area is 172 Å². The van der Waals surface area contributed by atoms with Gasteiger partial charge >= 0.3 is 0 Å². The van der Waals surface area contributed by atoms with E-state index in [4.69, 9.17) is 0 Å². The summed E-state index contributed by atoms with van der Waals surface area (Å²) in [6, 6.07) is 5.36. The summed E-state index contributed by atoms with van der Waals surface area (Å²) in [7, 11) is -1.46. The van der Waals surface area contributed by atoms with Crippen molar-refractivity contribution in [3.8, 4) is 0 Å². The highest BCUT2D eigenvalue weighted by Gasteiger charge is 2.10. The third kappa shape index (κ3) is 6.94. The fraction of sp³-hybridized carbons (Fsp3) is 0.412. The molecule has 0 unspecified atom stereocenters. The van der Waals surface area contributed by atoms with Crippen LogP contribution >= 0.6 is 24.0 Å². The van der Waals surface area contributed by atoms with E-state index in [0.717, 1.165) is 36.6 Å². The summed E-state index contributed by atoms with van der Waals surface area (Å²) < 4.78 is 25.3. The van der Waals surface area contributed by atoms with Gasteiger partial charge in [-0.3, -0.25) is 4.99 Å². The van der Waals surface area contributed by atoms with Crippen LogP contribution in [0.1, 0.15) is 17.5 Å². The molecule has 0 aliphatic rings. The van der Waals surface area contributed by atoms with Crippen LogP contribution in [0.15, 0.2) is 46.8 Å². The highest BCUT2D eigenvalue weighted by molar-refractivity contribution is 14.0. The van der Waals surface area contributed by atoms with Gasteiger partial charge < -0.3 is 15.2 Å². The Hall–Kier alpha value is -1.62. The van der Waals surface area contributed by atoms with Crippen molar-refractivity contribution < 1.29 is 8.42 Å². The molecule has 0 saturated carbocycles. The van der Waals surface area contributed by atoms with E-state index in [0.29, 0.717) is 11.4 Å². The normalized spacial score (nSPS) is 11.7. The third-order valence-electron chi connectivity index (χ3n) is 3.77. The number of rotatable bonds is 7. The van der Waals surface area contributed by atoms with Crippen LogP contribution in [0.2, 0.25) is 0 Å². The Morgan fingerprint density at radius 1 is 1.31 bits per heavy atom. The zero-order valence-electron chi connectivity index (χ0n) is 15.3. The van der Waals surface area contributed by atoms with Crippen LogP contribution in [0.5, 0.6) is 0 Å². The molecule has 0 aliphatic carbocycles. The highest BCUT2D eigenvalue weighted by Crippen LogP contribution is 2.16. The molecule has 2 rings (SSSR count). The summed E-state index contributed by atoms with van der Waals surface area (Å²) in [6.07, 6.45) is 7.69. The molecule has 2 N–H and O–H groups in total. The lowest BCUT2D eigenvalue weighted by Crippen LogP contribution is -2.37. The number of guanidine groups is 1. The first kappa shape index (κ1) is 22.4. The summed E-state index contributed by atoms with van der Waals surface area (Å²) in [5, 5.41) is 6.50. The molecule has 0 fully saturated rings. The molecule has 0 bridgehead atoms. The second kappa shape index (κ2) is 10.5. The zero-order chi connectivity index (χ0) is 18.3. The van der Waals surface area contributed by atoms with Crippen LogP contribution < -0.4 is 10.6 Å². The van der Waals surface area contributed by atoms with Gasteiger partial charge in [-0.15, -0.1) is 24.0 Å². The molecule has 0 aliphatic heterocycles. The maximum atomic E-state index is 11.7. The number of halogens is 1. The molecular weight excluding hydrogens is 465 g/mol. The molecule has 144 valence electrons. The van der Waals surface area contributed by atoms with E-state index in [2.05, 4.69) is 20.6 Å². The Morgan fingerprint density at radius 2 is 2.08 bits per heavy atom. The number of sulfone groups is 1. The van der Waals surface area contributed by atoms with Gasteiger partial charge in [0.2, 0.25) is 0 Å². The van der Waals surface area contributed by atoms with Gasteiger partial charge in [-0.1, -0.05) is 12.1 Å². The molecule has 0 saturated heterocycles. The van der Waals surface area contributed by atoms with Gasteiger partial charge in [0.25, 0.3) is 0 Å². The van der Waals surface area contributed by atoms with Crippen molar-refractivity contribution in [3.63, 3.8) is 0 Å². The lowest BCUT2D eigenvalue weighted by atomic mass is 10.1. The minimum absolute atomic E-state index is 0. The van der Waals surface area contributed by atoms with Gasteiger partial charge in [-0.05, 0) is 30.5 Å². The standard InChI is InChI=1S/C17H25N5O2S.HI/c1-14-11-15(5-6-16(14)25(3,23)24)12-21-17(18-2)20-7-4-9-22-10-8-19-13-22;/h5-6,8,10-11,13H,4,7,9,12H2,1-3H3,(H2,18,20,21);1H. The van der Waals surface area contributed by atoms with Crippen molar-refractivity contribution in [1.82, 2.24) is 20.2 Å². The van der Waals surface area contributed by atoms with Gasteiger partial charge in [-0.2, -0.15) is 0 Å². The van der Waals surface area contributed by atoms with E-state index in [1.54, 1.807) is 25.6 Å². The minimum atomic E-state index is -3.18. The quantitative estimate of drug-likeness (QED) is 0.268. The SMILES string of the molecule is CN=C(NCCCn1ccnc1)NCc1ccc(S(C)(=O)=O)c(C)c1.I. The maximum Gasteiger partial charge on any atom is 0.191 e. The molecule has 7 nitrogen and oxygen atoms in total. The number of aryl methyl sites for hydroxylation is 2. The monoisotopic (exact) mass is 491 g/mol. The van der Waals surface area contributed by atoms with Gasteiger partial charge in [0.1, 0.15) is 0 Å². The Kier molecular flexibility index (Phi) is 9.06. The Bertz CT molecular complexity index is 820. The predicted octanol–water partition coefficient (Wildman–Crippen LogP) is 1.97. The molecule has 2 aromatic rings. The van der Waals surface area contributed by atoms with Crippen LogP contribution in [0, 0.1) is 6.92 Å². The number of hydrogen-bond acceptors (Lipinski definition) is 4. The van der Waals surface area contributed by atoms with E-state index < -0.39 is 9.84 Å². The molecule has 0 amide bonds. The van der Waals surface area contributed by atoms with Crippen LogP contribution in [0.25, 0.3) is 0 Å².